The fourth-order valence-corrected chi connectivity index (χ4v) is 2.87. The van der Waals surface area contributed by atoms with Gasteiger partial charge in [0, 0.05) is 29.8 Å². The smallest absolute Gasteiger partial charge is 0.224 e. The second-order valence-electron chi connectivity index (χ2n) is 5.49. The average molecular weight is 265 g/mol. The molecule has 0 aliphatic heterocycles. The first-order chi connectivity index (χ1) is 9.11. The number of aromatic amines is 1. The summed E-state index contributed by atoms with van der Waals surface area (Å²) in [6.45, 7) is 4.00. The Kier molecular flexibility index (Phi) is 4.58. The molecule has 1 heterocycles. The molecular weight excluding hydrogens is 242 g/mol. The summed E-state index contributed by atoms with van der Waals surface area (Å²) in [7, 11) is 0. The van der Waals surface area contributed by atoms with Gasteiger partial charge in [0.25, 0.3) is 0 Å². The number of hydrogen-bond acceptors (Lipinski definition) is 3. The van der Waals surface area contributed by atoms with Crippen molar-refractivity contribution >= 4 is 5.91 Å². The monoisotopic (exact) mass is 265 g/mol. The van der Waals surface area contributed by atoms with Crippen LogP contribution in [0.4, 0.5) is 0 Å². The lowest BCUT2D eigenvalue weighted by Crippen LogP contribution is -2.44. The summed E-state index contributed by atoms with van der Waals surface area (Å²) in [5.74, 6) is 0.238. The van der Waals surface area contributed by atoms with E-state index in [4.69, 9.17) is 0 Å². The Labute approximate surface area is 113 Å². The normalized spacial score (nSPS) is 23.3. The number of aromatic nitrogens is 2. The fraction of sp³-hybridized carbons (Fsp3) is 0.714. The van der Waals surface area contributed by atoms with Crippen LogP contribution in [0.3, 0.4) is 0 Å². The Morgan fingerprint density at radius 1 is 1.42 bits per heavy atom. The van der Waals surface area contributed by atoms with E-state index in [1.807, 2.05) is 13.8 Å². The van der Waals surface area contributed by atoms with Crippen molar-refractivity contribution in [3.05, 3.63) is 17.0 Å². The highest BCUT2D eigenvalue weighted by molar-refractivity contribution is 5.79. The van der Waals surface area contributed by atoms with Crippen molar-refractivity contribution < 1.29 is 9.90 Å². The fourth-order valence-electron chi connectivity index (χ4n) is 2.87. The second kappa shape index (κ2) is 6.19. The van der Waals surface area contributed by atoms with Gasteiger partial charge in [-0.1, -0.05) is 12.8 Å². The predicted molar refractivity (Wildman–Crippen MR) is 72.7 cm³/mol. The Morgan fingerprint density at radius 3 is 2.79 bits per heavy atom. The molecule has 1 aromatic heterocycles. The predicted octanol–water partition coefficient (Wildman–Crippen LogP) is 1.24. The van der Waals surface area contributed by atoms with Gasteiger partial charge in [-0.2, -0.15) is 5.10 Å². The standard InChI is InChI=1S/C14H23N3O2/c1-9-12(10(2)17-16-9)7-14(19)15-13-6-4-3-5-11(13)8-18/h11,13,18H,3-8H2,1-2H3,(H,15,19)(H,16,17). The van der Waals surface area contributed by atoms with Crippen LogP contribution in [0.15, 0.2) is 0 Å². The third-order valence-corrected chi connectivity index (χ3v) is 4.11. The molecule has 3 N–H and O–H groups in total. The zero-order valence-corrected chi connectivity index (χ0v) is 11.7. The summed E-state index contributed by atoms with van der Waals surface area (Å²) < 4.78 is 0. The van der Waals surface area contributed by atoms with E-state index in [1.165, 1.54) is 0 Å². The third kappa shape index (κ3) is 3.35. The summed E-state index contributed by atoms with van der Waals surface area (Å²) in [4.78, 5) is 12.1. The number of hydrogen-bond donors (Lipinski definition) is 3. The Hall–Kier alpha value is -1.36. The summed E-state index contributed by atoms with van der Waals surface area (Å²) >= 11 is 0. The highest BCUT2D eigenvalue weighted by Crippen LogP contribution is 2.24. The van der Waals surface area contributed by atoms with Crippen molar-refractivity contribution in [2.45, 2.75) is 52.0 Å². The molecule has 0 aromatic carbocycles. The van der Waals surface area contributed by atoms with Gasteiger partial charge in [0.15, 0.2) is 0 Å². The summed E-state index contributed by atoms with van der Waals surface area (Å²) in [6, 6.07) is 0.124. The van der Waals surface area contributed by atoms with Crippen molar-refractivity contribution in [3.63, 3.8) is 0 Å². The van der Waals surface area contributed by atoms with Crippen LogP contribution in [0.1, 0.15) is 42.6 Å². The number of carbonyl (C=O) groups is 1. The molecule has 19 heavy (non-hydrogen) atoms. The molecule has 2 unspecified atom stereocenters. The molecule has 1 fully saturated rings. The first kappa shape index (κ1) is 14.1. The number of rotatable bonds is 4. The number of aliphatic hydroxyl groups is 1. The maximum atomic E-state index is 12.1. The molecule has 1 saturated carbocycles. The molecule has 1 amide bonds. The second-order valence-corrected chi connectivity index (χ2v) is 5.49. The number of aliphatic hydroxyl groups excluding tert-OH is 1. The van der Waals surface area contributed by atoms with Crippen LogP contribution in [0, 0.1) is 19.8 Å². The molecule has 1 aliphatic rings. The maximum Gasteiger partial charge on any atom is 0.224 e. The Morgan fingerprint density at radius 2 is 2.16 bits per heavy atom. The van der Waals surface area contributed by atoms with E-state index >= 15 is 0 Å². The van der Waals surface area contributed by atoms with Crippen LogP contribution in [-0.4, -0.2) is 33.9 Å². The largest absolute Gasteiger partial charge is 0.396 e. The zero-order chi connectivity index (χ0) is 13.8. The van der Waals surface area contributed by atoms with E-state index in [0.29, 0.717) is 6.42 Å². The quantitative estimate of drug-likeness (QED) is 0.766. The molecule has 0 bridgehead atoms. The molecule has 0 saturated heterocycles. The van der Waals surface area contributed by atoms with E-state index in [1.54, 1.807) is 0 Å². The Bertz CT molecular complexity index is 422. The van der Waals surface area contributed by atoms with Gasteiger partial charge in [-0.15, -0.1) is 0 Å². The number of H-pyrrole nitrogens is 1. The number of aryl methyl sites for hydroxylation is 2. The molecule has 106 valence electrons. The molecule has 5 nitrogen and oxygen atoms in total. The van der Waals surface area contributed by atoms with Crippen molar-refractivity contribution in [2.75, 3.05) is 6.61 Å². The highest BCUT2D eigenvalue weighted by atomic mass is 16.3. The number of nitrogens with one attached hydrogen (secondary N) is 2. The molecule has 1 aromatic rings. The minimum atomic E-state index is 0.0259. The Balaban J connectivity index is 1.93. The van der Waals surface area contributed by atoms with Gasteiger partial charge < -0.3 is 10.4 Å². The molecule has 2 atom stereocenters. The van der Waals surface area contributed by atoms with Gasteiger partial charge in [0.05, 0.1) is 12.1 Å². The highest BCUT2D eigenvalue weighted by Gasteiger charge is 2.26. The lowest BCUT2D eigenvalue weighted by Gasteiger charge is -2.30. The first-order valence-corrected chi connectivity index (χ1v) is 7.02. The van der Waals surface area contributed by atoms with Crippen LogP contribution < -0.4 is 5.32 Å². The van der Waals surface area contributed by atoms with Crippen molar-refractivity contribution in [2.24, 2.45) is 5.92 Å². The van der Waals surface area contributed by atoms with Gasteiger partial charge in [-0.3, -0.25) is 9.89 Å². The molecule has 0 radical (unpaired) electrons. The summed E-state index contributed by atoms with van der Waals surface area (Å²) in [5, 5.41) is 19.4. The molecule has 5 heteroatoms. The zero-order valence-electron chi connectivity index (χ0n) is 11.7. The topological polar surface area (TPSA) is 78.0 Å². The maximum absolute atomic E-state index is 12.1. The van der Waals surface area contributed by atoms with Gasteiger partial charge in [-0.25, -0.2) is 0 Å². The minimum absolute atomic E-state index is 0.0259. The lowest BCUT2D eigenvalue weighted by atomic mass is 9.85. The molecular formula is C14H23N3O2. The third-order valence-electron chi connectivity index (χ3n) is 4.11. The van der Waals surface area contributed by atoms with Gasteiger partial charge in [-0.05, 0) is 26.7 Å². The van der Waals surface area contributed by atoms with Gasteiger partial charge >= 0.3 is 0 Å². The van der Waals surface area contributed by atoms with Gasteiger partial charge in [0.1, 0.15) is 0 Å². The van der Waals surface area contributed by atoms with E-state index in [0.717, 1.165) is 42.6 Å². The molecule has 2 rings (SSSR count). The molecule has 1 aliphatic carbocycles. The summed E-state index contributed by atoms with van der Waals surface area (Å²) in [5.41, 5.74) is 2.82. The molecule has 0 spiro atoms. The van der Waals surface area contributed by atoms with Gasteiger partial charge in [0.2, 0.25) is 5.91 Å². The van der Waals surface area contributed by atoms with Crippen LogP contribution in [0.5, 0.6) is 0 Å². The van der Waals surface area contributed by atoms with Crippen LogP contribution in [-0.2, 0) is 11.2 Å². The van der Waals surface area contributed by atoms with Crippen LogP contribution in [0.2, 0.25) is 0 Å². The number of nitrogens with zero attached hydrogens (tertiary/aromatic N) is 1. The van der Waals surface area contributed by atoms with Crippen LogP contribution >= 0.6 is 0 Å². The SMILES string of the molecule is Cc1n[nH]c(C)c1CC(=O)NC1CCCCC1CO. The lowest BCUT2D eigenvalue weighted by molar-refractivity contribution is -0.121. The van der Waals surface area contributed by atoms with E-state index in [-0.39, 0.29) is 24.5 Å². The number of carbonyl (C=O) groups excluding carboxylic acids is 1. The summed E-state index contributed by atoms with van der Waals surface area (Å²) in [6.07, 6.45) is 4.62. The van der Waals surface area contributed by atoms with Crippen molar-refractivity contribution in [3.8, 4) is 0 Å². The number of amides is 1. The van der Waals surface area contributed by atoms with E-state index in [9.17, 15) is 9.90 Å². The van der Waals surface area contributed by atoms with Crippen molar-refractivity contribution in [1.29, 1.82) is 0 Å². The minimum Gasteiger partial charge on any atom is -0.396 e. The van der Waals surface area contributed by atoms with Crippen molar-refractivity contribution in [1.82, 2.24) is 15.5 Å². The van der Waals surface area contributed by atoms with E-state index < -0.39 is 0 Å². The first-order valence-electron chi connectivity index (χ1n) is 7.02. The van der Waals surface area contributed by atoms with Crippen LogP contribution in [0.25, 0.3) is 0 Å². The average Bonchev–Trinajstić information content (AvgIpc) is 2.71. The van der Waals surface area contributed by atoms with E-state index in [2.05, 4.69) is 15.5 Å².